The van der Waals surface area contributed by atoms with Crippen LogP contribution in [-0.4, -0.2) is 32.3 Å². The van der Waals surface area contributed by atoms with Crippen molar-refractivity contribution in [1.82, 2.24) is 9.13 Å². The largest absolute Gasteiger partial charge is 0.464 e. The third-order valence-electron chi connectivity index (χ3n) is 4.92. The SMILES string of the molecule is CCCn1c(=O)c(N(C(=O)O)c2ccc(OC(C)=O)c(OC(C)=O)c2)c(N)n(-c2ccccc2)c1=O. The molecule has 0 aliphatic heterocycles. The Hall–Kier alpha value is -4.87. The van der Waals surface area contributed by atoms with Crippen molar-refractivity contribution in [1.29, 1.82) is 0 Å². The second-order valence-corrected chi connectivity index (χ2v) is 7.58. The van der Waals surface area contributed by atoms with Gasteiger partial charge in [-0.2, -0.15) is 0 Å². The van der Waals surface area contributed by atoms with Gasteiger partial charge in [-0.15, -0.1) is 0 Å². The van der Waals surface area contributed by atoms with Crippen LogP contribution in [0.1, 0.15) is 27.2 Å². The fraction of sp³-hybridized carbons (Fsp3) is 0.208. The van der Waals surface area contributed by atoms with E-state index in [9.17, 15) is 29.1 Å². The highest BCUT2D eigenvalue weighted by Gasteiger charge is 2.29. The highest BCUT2D eigenvalue weighted by molar-refractivity contribution is 5.98. The first kappa shape index (κ1) is 25.7. The van der Waals surface area contributed by atoms with Crippen molar-refractivity contribution >= 4 is 35.2 Å². The van der Waals surface area contributed by atoms with Gasteiger partial charge in [-0.3, -0.25) is 19.0 Å². The first-order valence-electron chi connectivity index (χ1n) is 10.8. The van der Waals surface area contributed by atoms with Crippen LogP contribution in [0, 0.1) is 0 Å². The van der Waals surface area contributed by atoms with Crippen molar-refractivity contribution < 1.29 is 29.0 Å². The molecule has 0 spiro atoms. The maximum absolute atomic E-state index is 13.4. The van der Waals surface area contributed by atoms with Gasteiger partial charge in [-0.1, -0.05) is 25.1 Å². The topological polar surface area (TPSA) is 163 Å². The number of hydrogen-bond acceptors (Lipinski definition) is 8. The Morgan fingerprint density at radius 1 is 0.972 bits per heavy atom. The molecule has 0 aliphatic rings. The van der Waals surface area contributed by atoms with Gasteiger partial charge < -0.3 is 20.3 Å². The maximum Gasteiger partial charge on any atom is 0.416 e. The Labute approximate surface area is 204 Å². The third kappa shape index (κ3) is 5.12. The number of nitrogen functional groups attached to an aromatic ring is 1. The van der Waals surface area contributed by atoms with Crippen LogP contribution in [0.3, 0.4) is 0 Å². The summed E-state index contributed by atoms with van der Waals surface area (Å²) >= 11 is 0. The van der Waals surface area contributed by atoms with E-state index in [0.29, 0.717) is 17.0 Å². The van der Waals surface area contributed by atoms with E-state index in [2.05, 4.69) is 0 Å². The summed E-state index contributed by atoms with van der Waals surface area (Å²) in [7, 11) is 0. The molecule has 1 aromatic heterocycles. The zero-order valence-corrected chi connectivity index (χ0v) is 19.8. The normalized spacial score (nSPS) is 10.5. The van der Waals surface area contributed by atoms with Crippen LogP contribution in [0.5, 0.6) is 11.5 Å². The first-order valence-corrected chi connectivity index (χ1v) is 10.8. The summed E-state index contributed by atoms with van der Waals surface area (Å²) in [5.41, 5.74) is 4.27. The van der Waals surface area contributed by atoms with Crippen LogP contribution < -0.4 is 31.4 Å². The number of anilines is 3. The predicted molar refractivity (Wildman–Crippen MR) is 130 cm³/mol. The summed E-state index contributed by atoms with van der Waals surface area (Å²) in [5.74, 6) is -2.27. The number of carbonyl (C=O) groups excluding carboxylic acids is 2. The van der Waals surface area contributed by atoms with Crippen LogP contribution in [0.2, 0.25) is 0 Å². The van der Waals surface area contributed by atoms with E-state index in [1.165, 1.54) is 12.1 Å². The van der Waals surface area contributed by atoms with Gasteiger partial charge in [0, 0.05) is 26.5 Å². The van der Waals surface area contributed by atoms with E-state index >= 15 is 0 Å². The standard InChI is InChI=1S/C24H24N4O8/c1-4-12-26-22(31)20(21(25)28(23(26)32)16-8-6-5-7-9-16)27(24(33)34)17-10-11-18(35-14(2)29)19(13-17)36-15(3)30/h5-11,13H,4,12,25H2,1-3H3,(H,33,34). The first-order chi connectivity index (χ1) is 17.1. The molecule has 0 atom stereocenters. The Bertz CT molecular complexity index is 1440. The summed E-state index contributed by atoms with van der Waals surface area (Å²) in [6.07, 6.45) is -1.19. The quantitative estimate of drug-likeness (QED) is 0.370. The number of rotatable bonds is 7. The molecule has 3 rings (SSSR count). The van der Waals surface area contributed by atoms with Crippen LogP contribution in [0.15, 0.2) is 58.1 Å². The molecule has 36 heavy (non-hydrogen) atoms. The lowest BCUT2D eigenvalue weighted by molar-refractivity contribution is -0.134. The molecule has 1 amide bonds. The van der Waals surface area contributed by atoms with Gasteiger partial charge in [0.1, 0.15) is 5.82 Å². The van der Waals surface area contributed by atoms with Gasteiger partial charge in [0.05, 0.1) is 11.4 Å². The Morgan fingerprint density at radius 2 is 1.58 bits per heavy atom. The molecule has 3 aromatic rings. The lowest BCUT2D eigenvalue weighted by atomic mass is 10.2. The van der Waals surface area contributed by atoms with E-state index < -0.39 is 40.8 Å². The molecule has 0 bridgehead atoms. The van der Waals surface area contributed by atoms with Crippen LogP contribution >= 0.6 is 0 Å². The molecule has 2 aromatic carbocycles. The lowest BCUT2D eigenvalue weighted by Crippen LogP contribution is -2.44. The highest BCUT2D eigenvalue weighted by Crippen LogP contribution is 2.36. The lowest BCUT2D eigenvalue weighted by Gasteiger charge is -2.24. The zero-order chi connectivity index (χ0) is 26.6. The number of esters is 2. The molecular formula is C24H24N4O8. The zero-order valence-electron chi connectivity index (χ0n) is 19.8. The number of benzene rings is 2. The maximum atomic E-state index is 13.4. The second kappa shape index (κ2) is 10.6. The van der Waals surface area contributed by atoms with Gasteiger partial charge in [0.2, 0.25) is 0 Å². The molecule has 0 fully saturated rings. The molecule has 0 saturated heterocycles. The molecule has 0 unspecified atom stereocenters. The minimum atomic E-state index is -1.60. The van der Waals surface area contributed by atoms with Gasteiger partial charge >= 0.3 is 23.7 Å². The number of nitrogens with two attached hydrogens (primary N) is 1. The molecule has 0 radical (unpaired) electrons. The Kier molecular flexibility index (Phi) is 7.58. The number of ether oxygens (including phenoxy) is 2. The third-order valence-corrected chi connectivity index (χ3v) is 4.92. The molecule has 3 N–H and O–H groups in total. The van der Waals surface area contributed by atoms with Crippen molar-refractivity contribution in [3.8, 4) is 17.2 Å². The van der Waals surface area contributed by atoms with Crippen molar-refractivity contribution in [3.63, 3.8) is 0 Å². The summed E-state index contributed by atoms with van der Waals surface area (Å²) in [5, 5.41) is 10.1. The molecule has 12 nitrogen and oxygen atoms in total. The van der Waals surface area contributed by atoms with Crippen LogP contribution in [0.4, 0.5) is 22.0 Å². The molecule has 0 aliphatic carbocycles. The fourth-order valence-corrected chi connectivity index (χ4v) is 3.56. The Morgan fingerprint density at radius 3 is 2.14 bits per heavy atom. The van der Waals surface area contributed by atoms with Gasteiger partial charge in [-0.25, -0.2) is 19.1 Å². The predicted octanol–water partition coefficient (Wildman–Crippen LogP) is 2.66. The number of nitrogens with zero attached hydrogens (tertiary/aromatic N) is 3. The van der Waals surface area contributed by atoms with E-state index in [4.69, 9.17) is 15.2 Å². The molecule has 0 saturated carbocycles. The average Bonchev–Trinajstić information content (AvgIpc) is 2.80. The second-order valence-electron chi connectivity index (χ2n) is 7.58. The van der Waals surface area contributed by atoms with Crippen molar-refractivity contribution in [2.75, 3.05) is 10.6 Å². The monoisotopic (exact) mass is 496 g/mol. The number of carbonyl (C=O) groups is 3. The van der Waals surface area contributed by atoms with Crippen molar-refractivity contribution in [3.05, 3.63) is 69.4 Å². The summed E-state index contributed by atoms with van der Waals surface area (Å²) < 4.78 is 12.0. The molecular weight excluding hydrogens is 472 g/mol. The number of hydrogen-bond donors (Lipinski definition) is 2. The highest BCUT2D eigenvalue weighted by atomic mass is 16.6. The molecule has 12 heteroatoms. The van der Waals surface area contributed by atoms with Crippen LogP contribution in [0.25, 0.3) is 5.69 Å². The summed E-state index contributed by atoms with van der Waals surface area (Å²) in [4.78, 5) is 62.6. The van der Waals surface area contributed by atoms with Gasteiger partial charge in [0.25, 0.3) is 5.56 Å². The van der Waals surface area contributed by atoms with E-state index in [1.807, 2.05) is 0 Å². The van der Waals surface area contributed by atoms with Crippen molar-refractivity contribution in [2.24, 2.45) is 0 Å². The Balaban J connectivity index is 2.35. The summed E-state index contributed by atoms with van der Waals surface area (Å²) in [6.45, 7) is 4.01. The number of aromatic nitrogens is 2. The fourth-order valence-electron chi connectivity index (χ4n) is 3.56. The minimum absolute atomic E-state index is 0.00925. The van der Waals surface area contributed by atoms with Crippen LogP contribution in [-0.2, 0) is 16.1 Å². The number of amides is 1. The average molecular weight is 496 g/mol. The van der Waals surface area contributed by atoms with Gasteiger partial charge in [0.15, 0.2) is 17.2 Å². The molecule has 1 heterocycles. The van der Waals surface area contributed by atoms with E-state index in [1.54, 1.807) is 37.3 Å². The number of carboxylic acid groups (broad SMARTS) is 1. The van der Waals surface area contributed by atoms with E-state index in [-0.39, 0.29) is 23.7 Å². The van der Waals surface area contributed by atoms with Crippen molar-refractivity contribution in [2.45, 2.75) is 33.7 Å². The van der Waals surface area contributed by atoms with E-state index in [0.717, 1.165) is 29.0 Å². The number of para-hydroxylation sites is 1. The summed E-state index contributed by atoms with van der Waals surface area (Å²) in [6, 6.07) is 11.8. The van der Waals surface area contributed by atoms with Gasteiger partial charge in [-0.05, 0) is 30.7 Å². The molecule has 188 valence electrons. The minimum Gasteiger partial charge on any atom is -0.464 e. The smallest absolute Gasteiger partial charge is 0.416 e.